The van der Waals surface area contributed by atoms with E-state index in [0.717, 1.165) is 0 Å². The van der Waals surface area contributed by atoms with Crippen LogP contribution in [-0.2, 0) is 0 Å². The van der Waals surface area contributed by atoms with Gasteiger partial charge in [0.1, 0.15) is 5.69 Å². The molecule has 0 saturated heterocycles. The van der Waals surface area contributed by atoms with E-state index in [9.17, 15) is 9.90 Å². The second kappa shape index (κ2) is 6.10. The zero-order valence-electron chi connectivity index (χ0n) is 11.5. The number of nitrogens with one attached hydrogen (secondary N) is 2. The van der Waals surface area contributed by atoms with Crippen molar-refractivity contribution in [2.45, 2.75) is 25.9 Å². The Kier molecular flexibility index (Phi) is 4.46. The molecule has 1 aromatic heterocycles. The quantitative estimate of drug-likeness (QED) is 0.467. The molecule has 0 amide bonds. The Labute approximate surface area is 116 Å². The molecule has 1 aliphatic heterocycles. The van der Waals surface area contributed by atoms with Crippen LogP contribution < -0.4 is 21.5 Å². The molecule has 0 fully saturated rings. The maximum atomic E-state index is 11.7. The summed E-state index contributed by atoms with van der Waals surface area (Å²) in [6, 6.07) is 0. The standard InChI is InChI=1S/C12H21N5O3/c1-7(19)8(3-2-4-18)5-17-6-14-9-10(17)15-12(13)16-11(9)20/h7-8,14,18-19H,2-6H2,1H3,(H3,13,15,16,20). The molecule has 1 aliphatic rings. The van der Waals surface area contributed by atoms with Crippen molar-refractivity contribution in [1.82, 2.24) is 9.97 Å². The topological polar surface area (TPSA) is 128 Å². The Hall–Kier alpha value is -1.80. The maximum Gasteiger partial charge on any atom is 0.277 e. The van der Waals surface area contributed by atoms with Gasteiger partial charge in [0.05, 0.1) is 12.8 Å². The van der Waals surface area contributed by atoms with Crippen molar-refractivity contribution in [3.8, 4) is 0 Å². The lowest BCUT2D eigenvalue weighted by Crippen LogP contribution is -2.34. The van der Waals surface area contributed by atoms with Crippen molar-refractivity contribution < 1.29 is 10.2 Å². The smallest absolute Gasteiger partial charge is 0.277 e. The molecule has 8 nitrogen and oxygen atoms in total. The number of nitrogens with two attached hydrogens (primary N) is 1. The molecule has 6 N–H and O–H groups in total. The number of aliphatic hydroxyl groups excluding tert-OH is 2. The van der Waals surface area contributed by atoms with Crippen molar-refractivity contribution in [2.75, 3.05) is 35.8 Å². The number of anilines is 3. The van der Waals surface area contributed by atoms with Crippen LogP contribution in [0.5, 0.6) is 0 Å². The van der Waals surface area contributed by atoms with Crippen molar-refractivity contribution in [1.29, 1.82) is 0 Å². The van der Waals surface area contributed by atoms with Crippen LogP contribution in [0.1, 0.15) is 19.8 Å². The molecule has 0 spiro atoms. The molecule has 0 aliphatic carbocycles. The Morgan fingerprint density at radius 3 is 2.95 bits per heavy atom. The minimum Gasteiger partial charge on any atom is -0.396 e. The van der Waals surface area contributed by atoms with Gasteiger partial charge >= 0.3 is 0 Å². The van der Waals surface area contributed by atoms with Crippen LogP contribution in [0.15, 0.2) is 4.79 Å². The summed E-state index contributed by atoms with van der Waals surface area (Å²) >= 11 is 0. The number of nitrogen functional groups attached to an aromatic ring is 1. The third kappa shape index (κ3) is 3.02. The highest BCUT2D eigenvalue weighted by molar-refractivity contribution is 5.70. The summed E-state index contributed by atoms with van der Waals surface area (Å²) < 4.78 is 0. The molecule has 0 radical (unpaired) electrons. The average Bonchev–Trinajstić information content (AvgIpc) is 2.77. The van der Waals surface area contributed by atoms with Gasteiger partial charge in [-0.3, -0.25) is 9.78 Å². The molecule has 2 unspecified atom stereocenters. The Morgan fingerprint density at radius 1 is 1.55 bits per heavy atom. The largest absolute Gasteiger partial charge is 0.396 e. The van der Waals surface area contributed by atoms with E-state index in [1.54, 1.807) is 6.92 Å². The molecule has 20 heavy (non-hydrogen) atoms. The van der Waals surface area contributed by atoms with Crippen LogP contribution in [0.2, 0.25) is 0 Å². The van der Waals surface area contributed by atoms with Crippen LogP contribution in [-0.4, -0.2) is 46.1 Å². The first-order valence-electron chi connectivity index (χ1n) is 6.70. The third-order valence-corrected chi connectivity index (χ3v) is 3.53. The van der Waals surface area contributed by atoms with Gasteiger partial charge in [0, 0.05) is 19.1 Å². The minimum absolute atomic E-state index is 0.00258. The lowest BCUT2D eigenvalue weighted by Gasteiger charge is -2.26. The van der Waals surface area contributed by atoms with Crippen molar-refractivity contribution >= 4 is 17.5 Å². The number of hydrogen-bond donors (Lipinski definition) is 5. The summed E-state index contributed by atoms with van der Waals surface area (Å²) in [4.78, 5) is 20.2. The van der Waals surface area contributed by atoms with E-state index in [4.69, 9.17) is 10.8 Å². The molecule has 2 atom stereocenters. The van der Waals surface area contributed by atoms with E-state index in [2.05, 4.69) is 15.3 Å². The predicted molar refractivity (Wildman–Crippen MR) is 76.6 cm³/mol. The number of fused-ring (bicyclic) bond motifs is 1. The minimum atomic E-state index is -0.495. The van der Waals surface area contributed by atoms with Gasteiger partial charge in [-0.15, -0.1) is 0 Å². The lowest BCUT2D eigenvalue weighted by atomic mass is 9.97. The van der Waals surface area contributed by atoms with Gasteiger partial charge in [0.15, 0.2) is 5.82 Å². The van der Waals surface area contributed by atoms with Crippen LogP contribution in [0.3, 0.4) is 0 Å². The van der Waals surface area contributed by atoms with E-state index in [0.29, 0.717) is 37.6 Å². The van der Waals surface area contributed by atoms with Gasteiger partial charge in [-0.2, -0.15) is 4.98 Å². The number of aliphatic hydroxyl groups is 2. The molecule has 8 heteroatoms. The highest BCUT2D eigenvalue weighted by Crippen LogP contribution is 2.27. The molecular formula is C12H21N5O3. The molecule has 1 aromatic rings. The number of hydrogen-bond acceptors (Lipinski definition) is 7. The molecular weight excluding hydrogens is 262 g/mol. The van der Waals surface area contributed by atoms with Crippen LogP contribution in [0, 0.1) is 5.92 Å². The number of H-pyrrole nitrogens is 1. The molecule has 112 valence electrons. The number of aromatic amines is 1. The van der Waals surface area contributed by atoms with Gasteiger partial charge in [0.2, 0.25) is 5.95 Å². The summed E-state index contributed by atoms with van der Waals surface area (Å²) in [6.07, 6.45) is 0.845. The summed E-state index contributed by atoms with van der Waals surface area (Å²) in [5.74, 6) is 0.588. The van der Waals surface area contributed by atoms with E-state index in [1.165, 1.54) is 0 Å². The summed E-state index contributed by atoms with van der Waals surface area (Å²) in [5.41, 5.74) is 5.68. The Balaban J connectivity index is 2.15. The summed E-state index contributed by atoms with van der Waals surface area (Å²) in [5, 5.41) is 21.7. The number of nitrogens with zero attached hydrogens (tertiary/aromatic N) is 2. The first kappa shape index (κ1) is 14.6. The van der Waals surface area contributed by atoms with E-state index >= 15 is 0 Å². The fourth-order valence-electron chi connectivity index (χ4n) is 2.39. The molecule has 2 heterocycles. The SMILES string of the molecule is CC(O)C(CCCO)CN1CNc2c1nc(N)[nH]c2=O. The van der Waals surface area contributed by atoms with Crippen LogP contribution in [0.4, 0.5) is 17.5 Å². The fourth-order valence-corrected chi connectivity index (χ4v) is 2.39. The van der Waals surface area contributed by atoms with Gasteiger partial charge in [-0.25, -0.2) is 0 Å². The maximum absolute atomic E-state index is 11.7. The molecule has 2 rings (SSSR count). The van der Waals surface area contributed by atoms with Gasteiger partial charge < -0.3 is 26.2 Å². The van der Waals surface area contributed by atoms with Crippen LogP contribution >= 0.6 is 0 Å². The van der Waals surface area contributed by atoms with E-state index < -0.39 is 6.10 Å². The Morgan fingerprint density at radius 2 is 2.30 bits per heavy atom. The zero-order chi connectivity index (χ0) is 14.7. The van der Waals surface area contributed by atoms with E-state index in [-0.39, 0.29) is 24.0 Å². The number of aromatic nitrogens is 2. The normalized spacial score (nSPS) is 16.6. The second-order valence-electron chi connectivity index (χ2n) is 5.07. The summed E-state index contributed by atoms with van der Waals surface area (Å²) in [7, 11) is 0. The van der Waals surface area contributed by atoms with Crippen molar-refractivity contribution in [3.05, 3.63) is 10.4 Å². The lowest BCUT2D eigenvalue weighted by molar-refractivity contribution is 0.117. The monoisotopic (exact) mass is 283 g/mol. The third-order valence-electron chi connectivity index (χ3n) is 3.53. The van der Waals surface area contributed by atoms with Crippen LogP contribution in [0.25, 0.3) is 0 Å². The van der Waals surface area contributed by atoms with Gasteiger partial charge in [0.25, 0.3) is 5.56 Å². The first-order valence-corrected chi connectivity index (χ1v) is 6.70. The fraction of sp³-hybridized carbons (Fsp3) is 0.667. The average molecular weight is 283 g/mol. The van der Waals surface area contributed by atoms with Gasteiger partial charge in [-0.1, -0.05) is 0 Å². The second-order valence-corrected chi connectivity index (χ2v) is 5.07. The summed E-state index contributed by atoms with van der Waals surface area (Å²) in [6.45, 7) is 2.83. The molecule has 0 bridgehead atoms. The van der Waals surface area contributed by atoms with E-state index in [1.807, 2.05) is 4.90 Å². The Bertz CT molecular complexity index is 516. The van der Waals surface area contributed by atoms with Crippen molar-refractivity contribution in [2.24, 2.45) is 5.92 Å². The zero-order valence-corrected chi connectivity index (χ0v) is 11.5. The molecule has 0 aromatic carbocycles. The highest BCUT2D eigenvalue weighted by Gasteiger charge is 2.27. The first-order chi connectivity index (χ1) is 9.52. The van der Waals surface area contributed by atoms with Crippen molar-refractivity contribution in [3.63, 3.8) is 0 Å². The van der Waals surface area contributed by atoms with Gasteiger partial charge in [-0.05, 0) is 19.8 Å². The molecule has 0 saturated carbocycles. The predicted octanol–water partition coefficient (Wildman–Crippen LogP) is -0.689. The number of rotatable bonds is 6. The highest BCUT2D eigenvalue weighted by atomic mass is 16.3.